The molecule has 1 fully saturated rings. The minimum Gasteiger partial charge on any atom is -0.359 e. The molecule has 1 atom stereocenters. The Hall–Kier alpha value is -1.43. The van der Waals surface area contributed by atoms with E-state index in [1.807, 2.05) is 0 Å². The molecule has 0 saturated carbocycles. The topological polar surface area (TPSA) is 62.3 Å². The lowest BCUT2D eigenvalue weighted by atomic mass is 9.97. The van der Waals surface area contributed by atoms with Crippen LogP contribution >= 0.6 is 11.3 Å². The first-order chi connectivity index (χ1) is 8.22. The van der Waals surface area contributed by atoms with E-state index >= 15 is 0 Å². The molecule has 1 aliphatic rings. The normalized spacial score (nSPS) is 20.1. The monoisotopic (exact) mass is 253 g/mol. The van der Waals surface area contributed by atoms with Crippen molar-refractivity contribution in [3.63, 3.8) is 0 Å². The molecule has 2 rings (SSSR count). The molecular weight excluding hydrogens is 238 g/mol. The Morgan fingerprint density at radius 2 is 2.41 bits per heavy atom. The third-order valence-corrected chi connectivity index (χ3v) is 3.56. The van der Waals surface area contributed by atoms with Crippen molar-refractivity contribution in [2.45, 2.75) is 12.8 Å². The van der Waals surface area contributed by atoms with Gasteiger partial charge in [-0.3, -0.25) is 9.59 Å². The third-order valence-electron chi connectivity index (χ3n) is 2.98. The minimum atomic E-state index is -0.0867. The fourth-order valence-corrected chi connectivity index (χ4v) is 2.59. The Morgan fingerprint density at radius 3 is 3.06 bits per heavy atom. The molecule has 2 amide bonds. The highest BCUT2D eigenvalue weighted by molar-refractivity contribution is 7.07. The van der Waals surface area contributed by atoms with Crippen molar-refractivity contribution in [3.05, 3.63) is 16.6 Å². The lowest BCUT2D eigenvalue weighted by Crippen LogP contribution is -2.44. The van der Waals surface area contributed by atoms with Gasteiger partial charge in [0, 0.05) is 25.5 Å². The number of piperidine rings is 1. The van der Waals surface area contributed by atoms with Crippen molar-refractivity contribution in [2.24, 2.45) is 5.92 Å². The second kappa shape index (κ2) is 5.27. The molecule has 0 aromatic carbocycles. The Labute approximate surface area is 104 Å². The Bertz CT molecular complexity index is 405. The summed E-state index contributed by atoms with van der Waals surface area (Å²) in [6.07, 6.45) is 1.72. The average molecular weight is 253 g/mol. The van der Waals surface area contributed by atoms with Crippen molar-refractivity contribution >= 4 is 23.2 Å². The molecule has 0 radical (unpaired) electrons. The molecule has 0 bridgehead atoms. The fraction of sp³-hybridized carbons (Fsp3) is 0.545. The van der Waals surface area contributed by atoms with E-state index in [-0.39, 0.29) is 17.7 Å². The van der Waals surface area contributed by atoms with Gasteiger partial charge in [0.15, 0.2) is 0 Å². The number of carbonyl (C=O) groups excluding carboxylic acids is 2. The van der Waals surface area contributed by atoms with E-state index in [4.69, 9.17) is 0 Å². The molecular formula is C11H15N3O2S. The van der Waals surface area contributed by atoms with Crippen LogP contribution in [0.2, 0.25) is 0 Å². The van der Waals surface area contributed by atoms with E-state index in [9.17, 15) is 9.59 Å². The number of thiazole rings is 1. The number of likely N-dealkylation sites (tertiary alicyclic amines) is 1. The van der Waals surface area contributed by atoms with Gasteiger partial charge in [0.25, 0.3) is 5.91 Å². The molecule has 0 aliphatic carbocycles. The predicted octanol–water partition coefficient (Wildman–Crippen LogP) is 0.741. The van der Waals surface area contributed by atoms with Crippen LogP contribution in [0.5, 0.6) is 0 Å². The molecule has 1 saturated heterocycles. The van der Waals surface area contributed by atoms with Crippen molar-refractivity contribution in [2.75, 3.05) is 20.1 Å². The van der Waals surface area contributed by atoms with Gasteiger partial charge in [-0.25, -0.2) is 4.98 Å². The highest BCUT2D eigenvalue weighted by Gasteiger charge is 2.28. The molecule has 1 aromatic rings. The molecule has 1 unspecified atom stereocenters. The van der Waals surface area contributed by atoms with Gasteiger partial charge in [0.2, 0.25) is 5.91 Å². The molecule has 1 aromatic heterocycles. The number of hydrogen-bond donors (Lipinski definition) is 1. The van der Waals surface area contributed by atoms with Gasteiger partial charge in [-0.15, -0.1) is 11.3 Å². The number of hydrogen-bond acceptors (Lipinski definition) is 4. The van der Waals surface area contributed by atoms with Gasteiger partial charge in [-0.1, -0.05) is 0 Å². The highest BCUT2D eigenvalue weighted by atomic mass is 32.1. The van der Waals surface area contributed by atoms with Gasteiger partial charge in [0.05, 0.1) is 11.4 Å². The van der Waals surface area contributed by atoms with Crippen molar-refractivity contribution in [1.29, 1.82) is 0 Å². The molecule has 17 heavy (non-hydrogen) atoms. The number of rotatable bonds is 2. The third kappa shape index (κ3) is 2.63. The first kappa shape index (κ1) is 12.0. The van der Waals surface area contributed by atoms with E-state index in [0.29, 0.717) is 18.8 Å². The van der Waals surface area contributed by atoms with Crippen molar-refractivity contribution in [3.8, 4) is 0 Å². The second-order valence-corrected chi connectivity index (χ2v) is 4.80. The zero-order valence-electron chi connectivity index (χ0n) is 9.68. The van der Waals surface area contributed by atoms with Crippen LogP contribution in [0.1, 0.15) is 23.3 Å². The van der Waals surface area contributed by atoms with Gasteiger partial charge >= 0.3 is 0 Å². The predicted molar refractivity (Wildman–Crippen MR) is 64.8 cm³/mol. The van der Waals surface area contributed by atoms with E-state index in [0.717, 1.165) is 12.8 Å². The molecule has 1 N–H and O–H groups in total. The van der Waals surface area contributed by atoms with Crippen LogP contribution in [0.4, 0.5) is 0 Å². The van der Waals surface area contributed by atoms with Crippen LogP contribution in [0.15, 0.2) is 10.9 Å². The smallest absolute Gasteiger partial charge is 0.273 e. The largest absolute Gasteiger partial charge is 0.359 e. The van der Waals surface area contributed by atoms with Crippen LogP contribution in [-0.4, -0.2) is 41.8 Å². The van der Waals surface area contributed by atoms with Gasteiger partial charge in [-0.05, 0) is 12.8 Å². The zero-order chi connectivity index (χ0) is 12.3. The number of carbonyl (C=O) groups is 2. The standard InChI is InChI=1S/C11H15N3O2S/c1-12-10(15)8-3-2-4-14(5-8)11(16)9-6-17-7-13-9/h6-8H,2-5H2,1H3,(H,12,15). The summed E-state index contributed by atoms with van der Waals surface area (Å²) in [5.41, 5.74) is 2.13. The lowest BCUT2D eigenvalue weighted by Gasteiger charge is -2.31. The Morgan fingerprint density at radius 1 is 1.59 bits per heavy atom. The summed E-state index contributed by atoms with van der Waals surface area (Å²) in [5.74, 6) is -0.142. The van der Waals surface area contributed by atoms with Crippen molar-refractivity contribution < 1.29 is 9.59 Å². The molecule has 92 valence electrons. The highest BCUT2D eigenvalue weighted by Crippen LogP contribution is 2.18. The summed E-state index contributed by atoms with van der Waals surface area (Å²) in [7, 11) is 1.63. The van der Waals surface area contributed by atoms with Crippen LogP contribution in [-0.2, 0) is 4.79 Å². The summed E-state index contributed by atoms with van der Waals surface area (Å²) in [6, 6.07) is 0. The first-order valence-corrected chi connectivity index (χ1v) is 6.55. The lowest BCUT2D eigenvalue weighted by molar-refractivity contribution is -0.125. The fourth-order valence-electron chi connectivity index (χ4n) is 2.06. The average Bonchev–Trinajstić information content (AvgIpc) is 2.91. The maximum absolute atomic E-state index is 12.1. The summed E-state index contributed by atoms with van der Waals surface area (Å²) in [6.45, 7) is 1.21. The van der Waals surface area contributed by atoms with Crippen LogP contribution in [0.25, 0.3) is 0 Å². The van der Waals surface area contributed by atoms with Crippen LogP contribution in [0, 0.1) is 5.92 Å². The SMILES string of the molecule is CNC(=O)C1CCCN(C(=O)c2cscn2)C1. The zero-order valence-corrected chi connectivity index (χ0v) is 10.5. The maximum atomic E-state index is 12.1. The van der Waals surface area contributed by atoms with Crippen LogP contribution < -0.4 is 5.32 Å². The number of amides is 2. The van der Waals surface area contributed by atoms with Gasteiger partial charge in [-0.2, -0.15) is 0 Å². The van der Waals surface area contributed by atoms with Gasteiger partial charge in [0.1, 0.15) is 5.69 Å². The van der Waals surface area contributed by atoms with E-state index in [1.54, 1.807) is 22.8 Å². The van der Waals surface area contributed by atoms with Crippen LogP contribution in [0.3, 0.4) is 0 Å². The summed E-state index contributed by atoms with van der Waals surface area (Å²) in [5, 5.41) is 4.38. The summed E-state index contributed by atoms with van der Waals surface area (Å²) >= 11 is 1.41. The molecule has 6 heteroatoms. The molecule has 1 aliphatic heterocycles. The molecule has 5 nitrogen and oxygen atoms in total. The Balaban J connectivity index is 2.02. The van der Waals surface area contributed by atoms with E-state index in [1.165, 1.54) is 11.3 Å². The summed E-state index contributed by atoms with van der Waals surface area (Å²) < 4.78 is 0. The van der Waals surface area contributed by atoms with Crippen molar-refractivity contribution in [1.82, 2.24) is 15.2 Å². The minimum absolute atomic E-state index is 0.0146. The summed E-state index contributed by atoms with van der Waals surface area (Å²) in [4.78, 5) is 29.3. The maximum Gasteiger partial charge on any atom is 0.273 e. The molecule has 2 heterocycles. The van der Waals surface area contributed by atoms with E-state index in [2.05, 4.69) is 10.3 Å². The first-order valence-electron chi connectivity index (χ1n) is 5.61. The Kier molecular flexibility index (Phi) is 3.73. The number of nitrogens with one attached hydrogen (secondary N) is 1. The number of nitrogens with zero attached hydrogens (tertiary/aromatic N) is 2. The quantitative estimate of drug-likeness (QED) is 0.845. The molecule has 0 spiro atoms. The van der Waals surface area contributed by atoms with Gasteiger partial charge < -0.3 is 10.2 Å². The second-order valence-electron chi connectivity index (χ2n) is 4.08. The van der Waals surface area contributed by atoms with E-state index < -0.39 is 0 Å². The number of aromatic nitrogens is 1.